The van der Waals surface area contributed by atoms with Gasteiger partial charge in [0.05, 0.1) is 17.7 Å². The highest BCUT2D eigenvalue weighted by atomic mass is 32.2. The van der Waals surface area contributed by atoms with Gasteiger partial charge in [0, 0.05) is 44.1 Å². The number of piperazine rings is 1. The summed E-state index contributed by atoms with van der Waals surface area (Å²) in [5.74, 6) is -0.871. The molecule has 1 saturated heterocycles. The molecule has 2 aliphatic rings. The van der Waals surface area contributed by atoms with Crippen LogP contribution in [0.3, 0.4) is 0 Å². The summed E-state index contributed by atoms with van der Waals surface area (Å²) in [4.78, 5) is 22.9. The Morgan fingerprint density at radius 1 is 1.00 bits per heavy atom. The number of benzene rings is 3. The van der Waals surface area contributed by atoms with Gasteiger partial charge in [0.25, 0.3) is 0 Å². The molecule has 2 aliphatic heterocycles. The smallest absolute Gasteiger partial charge is 0.238 e. The van der Waals surface area contributed by atoms with Crippen LogP contribution in [0.2, 0.25) is 0 Å². The molecule has 1 atom stereocenters. The second kappa shape index (κ2) is 10.5. The van der Waals surface area contributed by atoms with Gasteiger partial charge in [0.15, 0.2) is 0 Å². The van der Waals surface area contributed by atoms with E-state index >= 15 is 0 Å². The number of nitrogens with zero attached hydrogens (tertiary/aromatic N) is 3. The van der Waals surface area contributed by atoms with Crippen molar-refractivity contribution in [1.82, 2.24) is 9.80 Å². The number of sulfonamides is 1. The van der Waals surface area contributed by atoms with E-state index < -0.39 is 15.9 Å². The third-order valence-electron chi connectivity index (χ3n) is 6.72. The number of likely N-dealkylation sites (N-methyl/N-ethyl adjacent to an activating group) is 1. The lowest BCUT2D eigenvalue weighted by molar-refractivity contribution is -0.115. The molecule has 3 aromatic rings. The highest BCUT2D eigenvalue weighted by Gasteiger charge is 2.35. The molecule has 5 rings (SSSR count). The zero-order chi connectivity index (χ0) is 26.0. The lowest BCUT2D eigenvalue weighted by Gasteiger charge is -2.32. The van der Waals surface area contributed by atoms with Gasteiger partial charge in [-0.2, -0.15) is 0 Å². The lowest BCUT2D eigenvalue weighted by Crippen LogP contribution is -2.43. The van der Waals surface area contributed by atoms with Crippen LogP contribution in [-0.2, 0) is 21.4 Å². The van der Waals surface area contributed by atoms with Gasteiger partial charge >= 0.3 is 0 Å². The number of rotatable bonds is 7. The predicted octanol–water partition coefficient (Wildman–Crippen LogP) is 3.66. The molecule has 8 nitrogen and oxygen atoms in total. The van der Waals surface area contributed by atoms with E-state index in [1.807, 2.05) is 42.5 Å². The Morgan fingerprint density at radius 2 is 1.70 bits per heavy atom. The largest absolute Gasteiger partial charge is 0.325 e. The molecule has 37 heavy (non-hydrogen) atoms. The SMILES string of the molecule is CN1CCN(Cc2ccc(N=C(c3ccccc3)C3C(=O)Nc4ccc(NS(C)(=O)=O)cc43)cc2)CC1. The van der Waals surface area contributed by atoms with Crippen molar-refractivity contribution in [2.45, 2.75) is 12.5 Å². The molecule has 1 unspecified atom stereocenters. The minimum absolute atomic E-state index is 0.194. The fourth-order valence-electron chi connectivity index (χ4n) is 4.79. The fraction of sp³-hybridized carbons (Fsp3) is 0.286. The number of aliphatic imine (C=N–C) groups is 1. The molecule has 192 valence electrons. The van der Waals surface area contributed by atoms with Gasteiger partial charge in [0.2, 0.25) is 15.9 Å². The maximum Gasteiger partial charge on any atom is 0.238 e. The van der Waals surface area contributed by atoms with Gasteiger partial charge in [-0.05, 0) is 54.1 Å². The van der Waals surface area contributed by atoms with Crippen LogP contribution in [0.4, 0.5) is 17.1 Å². The molecule has 1 amide bonds. The summed E-state index contributed by atoms with van der Waals surface area (Å²) in [5, 5.41) is 2.93. The van der Waals surface area contributed by atoms with E-state index in [1.165, 1.54) is 5.56 Å². The minimum atomic E-state index is -3.46. The van der Waals surface area contributed by atoms with Gasteiger partial charge in [-0.1, -0.05) is 42.5 Å². The van der Waals surface area contributed by atoms with E-state index in [0.717, 1.165) is 50.2 Å². The van der Waals surface area contributed by atoms with Crippen LogP contribution in [0.25, 0.3) is 0 Å². The molecule has 2 N–H and O–H groups in total. The van der Waals surface area contributed by atoms with Gasteiger partial charge in [-0.3, -0.25) is 19.4 Å². The summed E-state index contributed by atoms with van der Waals surface area (Å²) in [7, 11) is -1.30. The number of nitrogens with one attached hydrogen (secondary N) is 2. The first-order chi connectivity index (χ1) is 17.7. The van der Waals surface area contributed by atoms with E-state index in [0.29, 0.717) is 22.6 Å². The molecule has 0 saturated carbocycles. The number of hydrogen-bond acceptors (Lipinski definition) is 6. The fourth-order valence-corrected chi connectivity index (χ4v) is 5.35. The van der Waals surface area contributed by atoms with Gasteiger partial charge in [-0.15, -0.1) is 0 Å². The quantitative estimate of drug-likeness (QED) is 0.467. The van der Waals surface area contributed by atoms with E-state index in [2.05, 4.69) is 39.0 Å². The summed E-state index contributed by atoms with van der Waals surface area (Å²) in [6.07, 6.45) is 1.10. The van der Waals surface area contributed by atoms with Crippen LogP contribution in [-0.4, -0.2) is 69.3 Å². The summed E-state index contributed by atoms with van der Waals surface area (Å²) < 4.78 is 26.1. The number of amides is 1. The molecule has 9 heteroatoms. The topological polar surface area (TPSA) is 94.1 Å². The standard InChI is InChI=1S/C28H31N5O3S/c1-32-14-16-33(17-15-32)19-20-8-10-22(11-9-20)29-27(21-6-4-3-5-7-21)26-24-18-23(31-37(2,35)36)12-13-25(24)30-28(26)34/h3-13,18,26,31H,14-17,19H2,1-2H3,(H,30,34). The monoisotopic (exact) mass is 517 g/mol. The summed E-state index contributed by atoms with van der Waals surface area (Å²) >= 11 is 0. The lowest BCUT2D eigenvalue weighted by atomic mass is 9.90. The Balaban J connectivity index is 1.47. The Bertz CT molecular complexity index is 1410. The van der Waals surface area contributed by atoms with Crippen molar-refractivity contribution in [2.75, 3.05) is 49.5 Å². The van der Waals surface area contributed by atoms with E-state index in [9.17, 15) is 13.2 Å². The Labute approximate surface area is 218 Å². The van der Waals surface area contributed by atoms with Crippen LogP contribution >= 0.6 is 0 Å². The molecule has 3 aromatic carbocycles. The van der Waals surface area contributed by atoms with Crippen LogP contribution in [0.5, 0.6) is 0 Å². The Morgan fingerprint density at radius 3 is 2.38 bits per heavy atom. The van der Waals surface area contributed by atoms with Crippen molar-refractivity contribution in [3.8, 4) is 0 Å². The van der Waals surface area contributed by atoms with Crippen LogP contribution in [0.15, 0.2) is 77.8 Å². The second-order valence-electron chi connectivity index (χ2n) is 9.71. The maximum absolute atomic E-state index is 13.2. The van der Waals surface area contributed by atoms with Crippen LogP contribution in [0, 0.1) is 0 Å². The van der Waals surface area contributed by atoms with Crippen molar-refractivity contribution in [1.29, 1.82) is 0 Å². The van der Waals surface area contributed by atoms with Gasteiger partial charge < -0.3 is 10.2 Å². The average Bonchev–Trinajstić information content (AvgIpc) is 3.19. The zero-order valence-electron chi connectivity index (χ0n) is 21.0. The molecule has 0 aliphatic carbocycles. The number of fused-ring (bicyclic) bond motifs is 1. The first kappa shape index (κ1) is 25.1. The molecule has 0 radical (unpaired) electrons. The first-order valence-electron chi connectivity index (χ1n) is 12.3. The third-order valence-corrected chi connectivity index (χ3v) is 7.32. The Kier molecular flexibility index (Phi) is 7.10. The van der Waals surface area contributed by atoms with E-state index in [1.54, 1.807) is 18.2 Å². The molecule has 2 heterocycles. The molecular formula is C28H31N5O3S. The summed E-state index contributed by atoms with van der Waals surface area (Å²) in [6, 6.07) is 22.9. The highest BCUT2D eigenvalue weighted by molar-refractivity contribution is 7.92. The van der Waals surface area contributed by atoms with Crippen molar-refractivity contribution in [3.05, 3.63) is 89.5 Å². The van der Waals surface area contributed by atoms with Crippen molar-refractivity contribution in [3.63, 3.8) is 0 Å². The van der Waals surface area contributed by atoms with Crippen LogP contribution < -0.4 is 10.0 Å². The number of carbonyl (C=O) groups excluding carboxylic acids is 1. The highest BCUT2D eigenvalue weighted by Crippen LogP contribution is 2.38. The number of anilines is 2. The maximum atomic E-state index is 13.2. The van der Waals surface area contributed by atoms with E-state index in [-0.39, 0.29) is 5.91 Å². The van der Waals surface area contributed by atoms with Crippen molar-refractivity contribution in [2.24, 2.45) is 4.99 Å². The average molecular weight is 518 g/mol. The Hall–Kier alpha value is -3.53. The molecule has 0 bridgehead atoms. The second-order valence-corrected chi connectivity index (χ2v) is 11.5. The molecule has 0 spiro atoms. The molecule has 1 fully saturated rings. The number of carbonyl (C=O) groups is 1. The van der Waals surface area contributed by atoms with Crippen molar-refractivity contribution < 1.29 is 13.2 Å². The molecular weight excluding hydrogens is 486 g/mol. The predicted molar refractivity (Wildman–Crippen MR) is 148 cm³/mol. The number of hydrogen-bond donors (Lipinski definition) is 2. The van der Waals surface area contributed by atoms with Crippen LogP contribution in [0.1, 0.15) is 22.6 Å². The summed E-state index contributed by atoms with van der Waals surface area (Å²) in [5.41, 5.74) is 5.17. The van der Waals surface area contributed by atoms with Gasteiger partial charge in [-0.25, -0.2) is 8.42 Å². The van der Waals surface area contributed by atoms with Crippen molar-refractivity contribution >= 4 is 38.7 Å². The zero-order valence-corrected chi connectivity index (χ0v) is 21.8. The normalized spacial score (nSPS) is 18.9. The minimum Gasteiger partial charge on any atom is -0.325 e. The third kappa shape index (κ3) is 6.07. The van der Waals surface area contributed by atoms with E-state index in [4.69, 9.17) is 4.99 Å². The first-order valence-corrected chi connectivity index (χ1v) is 14.2. The summed E-state index contributed by atoms with van der Waals surface area (Å²) in [6.45, 7) is 5.17. The van der Waals surface area contributed by atoms with Gasteiger partial charge in [0.1, 0.15) is 5.92 Å². The molecule has 0 aromatic heterocycles.